The van der Waals surface area contributed by atoms with Crippen molar-refractivity contribution in [2.24, 2.45) is 4.99 Å². The molecule has 1 amide bonds. The number of aromatic nitrogens is 1. The molecule has 0 unspecified atom stereocenters. The largest absolute Gasteiger partial charge is 0.482 e. The number of nitrogens with zero attached hydrogens (tertiary/aromatic N) is 2. The molecule has 26 heavy (non-hydrogen) atoms. The molecule has 3 rings (SSSR count). The lowest BCUT2D eigenvalue weighted by atomic mass is 10.3. The molecule has 0 aliphatic heterocycles. The van der Waals surface area contributed by atoms with Crippen molar-refractivity contribution >= 4 is 50.7 Å². The van der Waals surface area contributed by atoms with Gasteiger partial charge >= 0.3 is 0 Å². The zero-order valence-corrected chi connectivity index (χ0v) is 15.7. The number of carbonyl (C=O) groups excluding carboxylic acids is 1. The second kappa shape index (κ2) is 8.03. The highest BCUT2D eigenvalue weighted by Crippen LogP contribution is 2.27. The Bertz CT molecular complexity index is 1060. The van der Waals surface area contributed by atoms with E-state index in [9.17, 15) is 9.18 Å². The maximum absolute atomic E-state index is 13.4. The number of allylic oxidation sites excluding steroid dienone is 1. The summed E-state index contributed by atoms with van der Waals surface area (Å²) in [5.41, 5.74) is 0.782. The maximum atomic E-state index is 13.4. The summed E-state index contributed by atoms with van der Waals surface area (Å²) in [5, 5.41) is 0.783. The van der Waals surface area contributed by atoms with Gasteiger partial charge in [0.05, 0.1) is 15.2 Å². The van der Waals surface area contributed by atoms with Gasteiger partial charge in [-0.25, -0.2) is 4.39 Å². The fourth-order valence-electron chi connectivity index (χ4n) is 2.31. The van der Waals surface area contributed by atoms with Crippen molar-refractivity contribution in [2.75, 3.05) is 6.61 Å². The van der Waals surface area contributed by atoms with Crippen molar-refractivity contribution in [3.8, 4) is 5.75 Å². The highest BCUT2D eigenvalue weighted by molar-refractivity contribution is 7.16. The Kier molecular flexibility index (Phi) is 5.76. The fraction of sp³-hybridized carbons (Fsp3) is 0.111. The summed E-state index contributed by atoms with van der Waals surface area (Å²) in [5.74, 6) is -0.485. The Morgan fingerprint density at radius 3 is 2.85 bits per heavy atom. The number of halogens is 3. The molecule has 0 saturated heterocycles. The van der Waals surface area contributed by atoms with Crippen molar-refractivity contribution in [1.82, 2.24) is 4.57 Å². The van der Waals surface area contributed by atoms with Gasteiger partial charge in [-0.1, -0.05) is 40.6 Å². The van der Waals surface area contributed by atoms with E-state index in [-0.39, 0.29) is 12.4 Å². The predicted molar refractivity (Wildman–Crippen MR) is 102 cm³/mol. The first-order valence-electron chi connectivity index (χ1n) is 7.53. The summed E-state index contributed by atoms with van der Waals surface area (Å²) >= 11 is 13.1. The van der Waals surface area contributed by atoms with E-state index in [2.05, 4.69) is 11.6 Å². The Morgan fingerprint density at radius 2 is 2.12 bits per heavy atom. The first-order chi connectivity index (χ1) is 12.5. The summed E-state index contributed by atoms with van der Waals surface area (Å²) in [4.78, 5) is 16.7. The summed E-state index contributed by atoms with van der Waals surface area (Å²) in [6, 6.07) is 9.15. The number of ether oxygens (including phenoxy) is 1. The number of carbonyl (C=O) groups is 1. The van der Waals surface area contributed by atoms with E-state index in [1.54, 1.807) is 28.8 Å². The van der Waals surface area contributed by atoms with E-state index in [4.69, 9.17) is 27.9 Å². The normalized spacial score (nSPS) is 11.7. The van der Waals surface area contributed by atoms with Crippen LogP contribution in [0.2, 0.25) is 10.0 Å². The molecule has 1 aromatic heterocycles. The van der Waals surface area contributed by atoms with Crippen LogP contribution in [0.4, 0.5) is 4.39 Å². The quantitative estimate of drug-likeness (QED) is 0.564. The number of rotatable bonds is 5. The van der Waals surface area contributed by atoms with Crippen LogP contribution in [0.5, 0.6) is 5.75 Å². The zero-order chi connectivity index (χ0) is 18.7. The van der Waals surface area contributed by atoms with Crippen LogP contribution >= 0.6 is 34.5 Å². The molecule has 0 N–H and O–H groups in total. The molecule has 0 radical (unpaired) electrons. The Balaban J connectivity index is 1.87. The van der Waals surface area contributed by atoms with Crippen LogP contribution in [0, 0.1) is 5.82 Å². The lowest BCUT2D eigenvalue weighted by molar-refractivity contribution is -0.120. The molecule has 0 aliphatic carbocycles. The molecule has 0 saturated carbocycles. The van der Waals surface area contributed by atoms with Gasteiger partial charge in [-0.05, 0) is 36.4 Å². The van der Waals surface area contributed by atoms with Gasteiger partial charge in [0, 0.05) is 11.6 Å². The molecule has 0 atom stereocenters. The number of benzene rings is 2. The molecule has 0 fully saturated rings. The number of hydrogen-bond acceptors (Lipinski definition) is 3. The monoisotopic (exact) mass is 410 g/mol. The smallest absolute Gasteiger partial charge is 0.286 e. The number of fused-ring (bicyclic) bond motifs is 1. The zero-order valence-electron chi connectivity index (χ0n) is 13.4. The van der Waals surface area contributed by atoms with Gasteiger partial charge in [-0.2, -0.15) is 4.99 Å². The van der Waals surface area contributed by atoms with E-state index >= 15 is 0 Å². The minimum Gasteiger partial charge on any atom is -0.482 e. The van der Waals surface area contributed by atoms with Gasteiger partial charge in [0.25, 0.3) is 5.91 Å². The van der Waals surface area contributed by atoms with Crippen LogP contribution in [0.15, 0.2) is 54.0 Å². The number of thiazole rings is 1. The van der Waals surface area contributed by atoms with Gasteiger partial charge in [0.15, 0.2) is 11.4 Å². The SMILES string of the molecule is C=CCn1c(=NC(=O)COc2ccc(Cl)cc2Cl)sc2cc(F)ccc21. The number of hydrogen-bond donors (Lipinski definition) is 0. The number of amides is 1. The van der Waals surface area contributed by atoms with Crippen LogP contribution in [-0.2, 0) is 11.3 Å². The molecule has 2 aromatic carbocycles. The Labute approximate surface area is 162 Å². The first-order valence-corrected chi connectivity index (χ1v) is 9.10. The van der Waals surface area contributed by atoms with Crippen LogP contribution in [0.1, 0.15) is 0 Å². The molecule has 4 nitrogen and oxygen atoms in total. The van der Waals surface area contributed by atoms with E-state index in [0.717, 1.165) is 5.52 Å². The van der Waals surface area contributed by atoms with Gasteiger partial charge < -0.3 is 9.30 Å². The van der Waals surface area contributed by atoms with Crippen molar-refractivity contribution in [2.45, 2.75) is 6.54 Å². The first kappa shape index (κ1) is 18.6. The van der Waals surface area contributed by atoms with E-state index in [0.29, 0.717) is 31.8 Å². The average molecular weight is 411 g/mol. The summed E-state index contributed by atoms with van der Waals surface area (Å²) < 4.78 is 21.3. The Morgan fingerprint density at radius 1 is 1.31 bits per heavy atom. The van der Waals surface area contributed by atoms with Gasteiger partial charge in [0.1, 0.15) is 11.6 Å². The van der Waals surface area contributed by atoms with E-state index < -0.39 is 5.91 Å². The highest BCUT2D eigenvalue weighted by Gasteiger charge is 2.10. The van der Waals surface area contributed by atoms with Crippen molar-refractivity contribution in [3.05, 3.63) is 69.7 Å². The topological polar surface area (TPSA) is 43.6 Å². The minimum atomic E-state index is -0.485. The molecular weight excluding hydrogens is 398 g/mol. The summed E-state index contributed by atoms with van der Waals surface area (Å²) in [6.07, 6.45) is 1.68. The molecular formula is C18H13Cl2FN2O2S. The maximum Gasteiger partial charge on any atom is 0.286 e. The standard InChI is InChI=1S/C18H13Cl2FN2O2S/c1-2-7-23-14-5-4-12(21)9-16(14)26-18(23)22-17(24)10-25-15-6-3-11(19)8-13(15)20/h2-6,8-9H,1,7,10H2. The third-order valence-electron chi connectivity index (χ3n) is 3.42. The second-order valence-corrected chi connectivity index (χ2v) is 7.12. The van der Waals surface area contributed by atoms with E-state index in [1.165, 1.54) is 29.5 Å². The van der Waals surface area contributed by atoms with Crippen LogP contribution in [0.25, 0.3) is 10.2 Å². The highest BCUT2D eigenvalue weighted by atomic mass is 35.5. The lowest BCUT2D eigenvalue weighted by Crippen LogP contribution is -2.19. The predicted octanol–water partition coefficient (Wildman–Crippen LogP) is 4.84. The van der Waals surface area contributed by atoms with Crippen LogP contribution in [0.3, 0.4) is 0 Å². The summed E-state index contributed by atoms with van der Waals surface area (Å²) in [7, 11) is 0. The van der Waals surface area contributed by atoms with Crippen molar-refractivity contribution in [3.63, 3.8) is 0 Å². The van der Waals surface area contributed by atoms with Gasteiger partial charge in [0.2, 0.25) is 0 Å². The van der Waals surface area contributed by atoms with Gasteiger partial charge in [-0.3, -0.25) is 4.79 Å². The minimum absolute atomic E-state index is 0.280. The molecule has 8 heteroatoms. The van der Waals surface area contributed by atoms with Gasteiger partial charge in [-0.15, -0.1) is 6.58 Å². The van der Waals surface area contributed by atoms with Crippen molar-refractivity contribution in [1.29, 1.82) is 0 Å². The second-order valence-electron chi connectivity index (χ2n) is 5.26. The molecule has 3 aromatic rings. The van der Waals surface area contributed by atoms with Crippen LogP contribution < -0.4 is 9.54 Å². The third-order valence-corrected chi connectivity index (χ3v) is 4.99. The molecule has 1 heterocycles. The third kappa shape index (κ3) is 4.15. The Hall–Kier alpha value is -2.15. The van der Waals surface area contributed by atoms with Crippen LogP contribution in [-0.4, -0.2) is 17.1 Å². The van der Waals surface area contributed by atoms with Crippen molar-refractivity contribution < 1.29 is 13.9 Å². The average Bonchev–Trinajstić information content (AvgIpc) is 2.91. The summed E-state index contributed by atoms with van der Waals surface area (Å²) in [6.45, 7) is 3.87. The fourth-order valence-corrected chi connectivity index (χ4v) is 3.85. The van der Waals surface area contributed by atoms with E-state index in [1.807, 2.05) is 0 Å². The molecule has 0 spiro atoms. The lowest BCUT2D eigenvalue weighted by Gasteiger charge is -2.05. The molecule has 0 aliphatic rings. The molecule has 0 bridgehead atoms. The molecule has 134 valence electrons.